The number of allylic oxidation sites excluding steroid dienone is 2. The molecule has 0 amide bonds. The van der Waals surface area contributed by atoms with Crippen LogP contribution in [0.5, 0.6) is 11.5 Å². The summed E-state index contributed by atoms with van der Waals surface area (Å²) in [5, 5.41) is 0.0485. The number of hydrogen-bond acceptors (Lipinski definition) is 10. The number of esters is 1. The van der Waals surface area contributed by atoms with E-state index in [-0.39, 0.29) is 53.6 Å². The Morgan fingerprint density at radius 3 is 2.40 bits per heavy atom. The van der Waals surface area contributed by atoms with Gasteiger partial charge in [-0.05, 0) is 55.2 Å². The van der Waals surface area contributed by atoms with Gasteiger partial charge in [0.15, 0.2) is 30.9 Å². The number of ketones is 1. The molecule has 42 heavy (non-hydrogen) atoms. The molecule has 2 heterocycles. The number of carbonyl (C=O) groups is 2. The number of methoxy groups -OCH3 is 2. The molecule has 11 nitrogen and oxygen atoms in total. The highest BCUT2D eigenvalue weighted by atomic mass is 16.7. The number of aromatic nitrogens is 2. The Morgan fingerprint density at radius 1 is 1.02 bits per heavy atom. The van der Waals surface area contributed by atoms with Crippen LogP contribution in [0.25, 0.3) is 16.5 Å². The molecular formula is C31H30N2O9. The molecule has 0 saturated heterocycles. The lowest BCUT2D eigenvalue weighted by Crippen LogP contribution is -2.20. The first kappa shape index (κ1) is 28.8. The predicted molar refractivity (Wildman–Crippen MR) is 152 cm³/mol. The van der Waals surface area contributed by atoms with Crippen LogP contribution in [0.2, 0.25) is 0 Å². The second-order valence-electron chi connectivity index (χ2n) is 9.78. The number of aryl methyl sites for hydroxylation is 2. The summed E-state index contributed by atoms with van der Waals surface area (Å²) in [5.41, 5.74) is 2.36. The Hall–Kier alpha value is -4.74. The van der Waals surface area contributed by atoms with Crippen LogP contribution < -0.4 is 14.9 Å². The highest BCUT2D eigenvalue weighted by Crippen LogP contribution is 2.37. The number of Topliss-reactive ketones (excluding diaryl/α,β-unsaturated/α-hetero) is 1. The van der Waals surface area contributed by atoms with Crippen molar-refractivity contribution in [3.63, 3.8) is 0 Å². The molecule has 0 aliphatic heterocycles. The lowest BCUT2D eigenvalue weighted by atomic mass is 9.86. The molecule has 2 aromatic carbocycles. The van der Waals surface area contributed by atoms with Crippen molar-refractivity contribution in [3.8, 4) is 11.5 Å². The van der Waals surface area contributed by atoms with Crippen molar-refractivity contribution in [3.05, 3.63) is 92.4 Å². The molecule has 0 fully saturated rings. The van der Waals surface area contributed by atoms with Gasteiger partial charge in [0.1, 0.15) is 24.3 Å². The summed E-state index contributed by atoms with van der Waals surface area (Å²) in [6.07, 6.45) is 6.61. The van der Waals surface area contributed by atoms with Crippen LogP contribution in [-0.2, 0) is 34.3 Å². The van der Waals surface area contributed by atoms with Crippen molar-refractivity contribution >= 4 is 28.3 Å². The fourth-order valence-electron chi connectivity index (χ4n) is 4.83. The van der Waals surface area contributed by atoms with Gasteiger partial charge in [-0.1, -0.05) is 6.08 Å². The molecule has 5 rings (SSSR count). The molecule has 0 atom stereocenters. The van der Waals surface area contributed by atoms with Gasteiger partial charge in [-0.3, -0.25) is 9.59 Å². The first-order valence-electron chi connectivity index (χ1n) is 13.1. The van der Waals surface area contributed by atoms with Crippen molar-refractivity contribution in [1.82, 2.24) is 9.55 Å². The van der Waals surface area contributed by atoms with Crippen LogP contribution >= 0.6 is 0 Å². The molecule has 0 N–H and O–H groups in total. The van der Waals surface area contributed by atoms with Crippen molar-refractivity contribution in [2.45, 2.75) is 26.9 Å². The average molecular weight is 575 g/mol. The van der Waals surface area contributed by atoms with Crippen LogP contribution in [0, 0.1) is 13.8 Å². The standard InChI is InChI=1S/C31H30N2O9/c1-17-10-25-28(27(18(17)2)31(36)40-14-26-32-8-9-33(26)3)30(35)22(13-39-25)20-7-6-19-11-23(41-15-37-4)24(42-16-38-5)12-21(19)29(20)34/h7-13H,6,14-16H2,1-5H3. The number of hydrogen-bond donors (Lipinski definition) is 0. The third-order valence-corrected chi connectivity index (χ3v) is 7.18. The van der Waals surface area contributed by atoms with Gasteiger partial charge in [0.2, 0.25) is 5.43 Å². The second-order valence-corrected chi connectivity index (χ2v) is 9.78. The summed E-state index contributed by atoms with van der Waals surface area (Å²) in [5.74, 6) is 0.142. The lowest BCUT2D eigenvalue weighted by molar-refractivity contribution is 0.0321. The van der Waals surface area contributed by atoms with E-state index in [4.69, 9.17) is 28.1 Å². The lowest BCUT2D eigenvalue weighted by Gasteiger charge is -2.20. The van der Waals surface area contributed by atoms with Crippen molar-refractivity contribution in [2.24, 2.45) is 7.05 Å². The number of imidazole rings is 1. The minimum Gasteiger partial charge on any atom is -0.464 e. The molecular weight excluding hydrogens is 544 g/mol. The highest BCUT2D eigenvalue weighted by molar-refractivity contribution is 6.30. The SMILES string of the molecule is COCOc1cc2c(cc1OCOC)C(=O)C(c1coc3cc(C)c(C)c(C(=O)OCc4nccn4C)c3c1=O)=CC2. The van der Waals surface area contributed by atoms with Gasteiger partial charge in [0.25, 0.3) is 0 Å². The Balaban J connectivity index is 1.56. The Kier molecular flexibility index (Phi) is 8.23. The Morgan fingerprint density at radius 2 is 1.74 bits per heavy atom. The van der Waals surface area contributed by atoms with Gasteiger partial charge in [-0.2, -0.15) is 0 Å². The minimum atomic E-state index is -0.688. The number of fused-ring (bicyclic) bond motifs is 2. The van der Waals surface area contributed by atoms with Gasteiger partial charge in [0.05, 0.1) is 16.5 Å². The third-order valence-electron chi connectivity index (χ3n) is 7.18. The van der Waals surface area contributed by atoms with E-state index < -0.39 is 17.2 Å². The third kappa shape index (κ3) is 5.31. The normalized spacial score (nSPS) is 12.7. The maximum absolute atomic E-state index is 14.0. The molecule has 0 spiro atoms. The van der Waals surface area contributed by atoms with E-state index in [0.29, 0.717) is 34.7 Å². The Labute approximate surface area is 241 Å². The van der Waals surface area contributed by atoms with E-state index in [2.05, 4.69) is 4.98 Å². The van der Waals surface area contributed by atoms with Crippen molar-refractivity contribution in [1.29, 1.82) is 0 Å². The average Bonchev–Trinajstić information content (AvgIpc) is 3.39. The quantitative estimate of drug-likeness (QED) is 0.200. The molecule has 218 valence electrons. The smallest absolute Gasteiger partial charge is 0.339 e. The van der Waals surface area contributed by atoms with E-state index in [1.807, 2.05) is 6.92 Å². The fraction of sp³-hybridized carbons (Fsp3) is 0.290. The van der Waals surface area contributed by atoms with Crippen molar-refractivity contribution in [2.75, 3.05) is 27.8 Å². The van der Waals surface area contributed by atoms with Crippen LogP contribution in [0.4, 0.5) is 0 Å². The molecule has 0 bridgehead atoms. The number of carbonyl (C=O) groups excluding carboxylic acids is 2. The monoisotopic (exact) mass is 574 g/mol. The predicted octanol–water partition coefficient (Wildman–Crippen LogP) is 4.29. The maximum Gasteiger partial charge on any atom is 0.339 e. The minimum absolute atomic E-state index is 0.0132. The van der Waals surface area contributed by atoms with Gasteiger partial charge in [0, 0.05) is 44.8 Å². The summed E-state index contributed by atoms with van der Waals surface area (Å²) >= 11 is 0. The summed E-state index contributed by atoms with van der Waals surface area (Å²) in [6, 6.07) is 4.96. The van der Waals surface area contributed by atoms with E-state index in [9.17, 15) is 14.4 Å². The van der Waals surface area contributed by atoms with Crippen molar-refractivity contribution < 1.29 is 37.7 Å². The van der Waals surface area contributed by atoms with Gasteiger partial charge < -0.3 is 32.7 Å². The second kappa shape index (κ2) is 12.0. The maximum atomic E-state index is 14.0. The topological polar surface area (TPSA) is 128 Å². The zero-order valence-corrected chi connectivity index (χ0v) is 23.9. The van der Waals surface area contributed by atoms with Crippen LogP contribution in [0.1, 0.15) is 48.8 Å². The van der Waals surface area contributed by atoms with Gasteiger partial charge in [-0.25, -0.2) is 9.78 Å². The van der Waals surface area contributed by atoms with Gasteiger partial charge >= 0.3 is 5.97 Å². The van der Waals surface area contributed by atoms with E-state index in [0.717, 1.165) is 5.56 Å². The van der Waals surface area contributed by atoms with Crippen LogP contribution in [0.3, 0.4) is 0 Å². The summed E-state index contributed by atoms with van der Waals surface area (Å²) in [7, 11) is 4.76. The van der Waals surface area contributed by atoms with Crippen LogP contribution in [-0.4, -0.2) is 49.1 Å². The summed E-state index contributed by atoms with van der Waals surface area (Å²) < 4.78 is 34.4. The zero-order valence-electron chi connectivity index (χ0n) is 23.9. The molecule has 1 aliphatic carbocycles. The Bertz CT molecular complexity index is 1780. The van der Waals surface area contributed by atoms with Crippen LogP contribution in [0.15, 0.2) is 52.1 Å². The molecule has 0 saturated carbocycles. The summed E-state index contributed by atoms with van der Waals surface area (Å²) in [4.78, 5) is 45.3. The number of rotatable bonds is 10. The summed E-state index contributed by atoms with van der Waals surface area (Å²) in [6.45, 7) is 3.40. The van der Waals surface area contributed by atoms with Gasteiger partial charge in [-0.15, -0.1) is 0 Å². The largest absolute Gasteiger partial charge is 0.464 e. The first-order chi connectivity index (χ1) is 20.2. The van der Waals surface area contributed by atoms with E-state index in [1.165, 1.54) is 20.5 Å². The zero-order chi connectivity index (χ0) is 30.0. The molecule has 11 heteroatoms. The molecule has 0 radical (unpaired) electrons. The fourth-order valence-corrected chi connectivity index (χ4v) is 4.83. The molecule has 2 aromatic heterocycles. The molecule has 1 aliphatic rings. The molecule has 4 aromatic rings. The highest BCUT2D eigenvalue weighted by Gasteiger charge is 2.29. The number of ether oxygens (including phenoxy) is 5. The first-order valence-corrected chi connectivity index (χ1v) is 13.1. The van der Waals surface area contributed by atoms with E-state index in [1.54, 1.807) is 55.2 Å². The molecule has 0 unspecified atom stereocenters. The van der Waals surface area contributed by atoms with E-state index >= 15 is 0 Å². The number of benzene rings is 2. The number of nitrogens with zero attached hydrogens (tertiary/aromatic N) is 2.